The van der Waals surface area contributed by atoms with Gasteiger partial charge in [-0.25, -0.2) is 0 Å². The van der Waals surface area contributed by atoms with Crippen molar-refractivity contribution >= 4 is 39.1 Å². The van der Waals surface area contributed by atoms with Crippen molar-refractivity contribution in [2.45, 2.75) is 13.0 Å². The van der Waals surface area contributed by atoms with Crippen molar-refractivity contribution in [3.63, 3.8) is 0 Å². The van der Waals surface area contributed by atoms with Crippen molar-refractivity contribution < 1.29 is 18.3 Å². The molecule has 1 aromatic rings. The molecule has 9 heteroatoms. The number of halogens is 1. The number of carbonyl (C=O) groups is 1. The van der Waals surface area contributed by atoms with E-state index in [-0.39, 0.29) is 26.1 Å². The maximum atomic E-state index is 12.4. The lowest BCUT2D eigenvalue weighted by molar-refractivity contribution is -0.137. The number of nitrogens with zero attached hydrogens (tertiary/aromatic N) is 2. The van der Waals surface area contributed by atoms with Crippen molar-refractivity contribution in [3.8, 4) is 0 Å². The summed E-state index contributed by atoms with van der Waals surface area (Å²) in [6.07, 6.45) is 1.24. The van der Waals surface area contributed by atoms with Gasteiger partial charge in [0.15, 0.2) is 0 Å². The van der Waals surface area contributed by atoms with Gasteiger partial charge in [0.25, 0.3) is 10.2 Å². The van der Waals surface area contributed by atoms with Crippen LogP contribution in [0.5, 0.6) is 0 Å². The van der Waals surface area contributed by atoms with Crippen LogP contribution in [0.3, 0.4) is 0 Å². The molecule has 118 valence electrons. The third kappa shape index (κ3) is 5.40. The Morgan fingerprint density at radius 3 is 2.67 bits per heavy atom. The van der Waals surface area contributed by atoms with Gasteiger partial charge in [-0.3, -0.25) is 4.79 Å². The highest BCUT2D eigenvalue weighted by atomic mass is 35.5. The van der Waals surface area contributed by atoms with E-state index in [2.05, 4.69) is 6.58 Å². The minimum atomic E-state index is -3.75. The van der Waals surface area contributed by atoms with Crippen molar-refractivity contribution in [3.05, 3.63) is 34.0 Å². The van der Waals surface area contributed by atoms with Gasteiger partial charge in [0.1, 0.15) is 0 Å². The minimum absolute atomic E-state index is 0.0868. The second-order valence-electron chi connectivity index (χ2n) is 4.26. The predicted octanol–water partition coefficient (Wildman–Crippen LogP) is 2.04. The molecule has 6 nitrogen and oxygen atoms in total. The standard InChI is InChI=1S/C12H17ClN2O4S2/c1-3-7-15(9-10-4-5-11(13)20-10)21(18,19)14(2)8-6-12(16)17/h3-5H,1,6-9H2,2H3,(H,16,17). The number of aliphatic carboxylic acids is 1. The minimum Gasteiger partial charge on any atom is -0.481 e. The molecule has 0 aliphatic carbocycles. The van der Waals surface area contributed by atoms with Crippen LogP contribution in [0.4, 0.5) is 0 Å². The zero-order valence-electron chi connectivity index (χ0n) is 11.5. The van der Waals surface area contributed by atoms with Crippen molar-refractivity contribution in [1.29, 1.82) is 0 Å². The maximum absolute atomic E-state index is 12.4. The highest BCUT2D eigenvalue weighted by Gasteiger charge is 2.26. The van der Waals surface area contributed by atoms with Crippen molar-refractivity contribution in [1.82, 2.24) is 8.61 Å². The van der Waals surface area contributed by atoms with Crippen molar-refractivity contribution in [2.24, 2.45) is 0 Å². The molecule has 0 saturated heterocycles. The van der Waals surface area contributed by atoms with Crippen LogP contribution >= 0.6 is 22.9 Å². The lowest BCUT2D eigenvalue weighted by Gasteiger charge is -2.26. The summed E-state index contributed by atoms with van der Waals surface area (Å²) < 4.78 is 27.7. The highest BCUT2D eigenvalue weighted by molar-refractivity contribution is 7.86. The molecule has 1 N–H and O–H groups in total. The number of thiophene rings is 1. The van der Waals surface area contributed by atoms with Gasteiger partial charge in [0.05, 0.1) is 10.8 Å². The van der Waals surface area contributed by atoms with Crippen LogP contribution in [0.2, 0.25) is 4.34 Å². The molecule has 0 saturated carbocycles. The Morgan fingerprint density at radius 1 is 1.52 bits per heavy atom. The quantitative estimate of drug-likeness (QED) is 0.690. The second-order valence-corrected chi connectivity index (χ2v) is 8.10. The van der Waals surface area contributed by atoms with E-state index in [1.54, 1.807) is 12.1 Å². The predicted molar refractivity (Wildman–Crippen MR) is 83.7 cm³/mol. The largest absolute Gasteiger partial charge is 0.481 e. The molecule has 1 aromatic heterocycles. The molecule has 0 amide bonds. The fourth-order valence-corrected chi connectivity index (χ4v) is 4.06. The van der Waals surface area contributed by atoms with Gasteiger partial charge in [-0.1, -0.05) is 17.7 Å². The van der Waals surface area contributed by atoms with Crippen LogP contribution in [0, 0.1) is 0 Å². The van der Waals surface area contributed by atoms with Crippen LogP contribution in [0.15, 0.2) is 24.8 Å². The molecule has 0 spiro atoms. The summed E-state index contributed by atoms with van der Waals surface area (Å²) in [7, 11) is -2.40. The van der Waals surface area contributed by atoms with E-state index < -0.39 is 16.2 Å². The van der Waals surface area contributed by atoms with Gasteiger partial charge in [-0.15, -0.1) is 17.9 Å². The third-order valence-electron chi connectivity index (χ3n) is 2.65. The maximum Gasteiger partial charge on any atom is 0.304 e. The number of hydrogen-bond acceptors (Lipinski definition) is 4. The molecule has 0 bridgehead atoms. The smallest absolute Gasteiger partial charge is 0.304 e. The number of carboxylic acid groups (broad SMARTS) is 1. The Morgan fingerprint density at radius 2 is 2.19 bits per heavy atom. The molecule has 0 radical (unpaired) electrons. The van der Waals surface area contributed by atoms with Gasteiger partial charge >= 0.3 is 5.97 Å². The summed E-state index contributed by atoms with van der Waals surface area (Å²) in [4.78, 5) is 11.4. The van der Waals surface area contributed by atoms with Crippen molar-refractivity contribution in [2.75, 3.05) is 20.1 Å². The molecule has 0 aliphatic heterocycles. The Hall–Kier alpha value is -0.930. The molecule has 1 heterocycles. The van der Waals surface area contributed by atoms with E-state index in [1.165, 1.54) is 28.8 Å². The lowest BCUT2D eigenvalue weighted by atomic mass is 10.4. The monoisotopic (exact) mass is 352 g/mol. The van der Waals surface area contributed by atoms with Crippen LogP contribution in [-0.2, 0) is 21.5 Å². The molecule has 0 fully saturated rings. The van der Waals surface area contributed by atoms with E-state index in [4.69, 9.17) is 16.7 Å². The topological polar surface area (TPSA) is 77.9 Å². The molecular weight excluding hydrogens is 336 g/mol. The normalized spacial score (nSPS) is 12.0. The van der Waals surface area contributed by atoms with Gasteiger partial charge in [-0.2, -0.15) is 17.0 Å². The molecule has 21 heavy (non-hydrogen) atoms. The molecule has 0 unspecified atom stereocenters. The first kappa shape index (κ1) is 18.1. The fourth-order valence-electron chi connectivity index (χ4n) is 1.56. The zero-order chi connectivity index (χ0) is 16.0. The van der Waals surface area contributed by atoms with E-state index in [9.17, 15) is 13.2 Å². The zero-order valence-corrected chi connectivity index (χ0v) is 13.9. The summed E-state index contributed by atoms with van der Waals surface area (Å²) in [5, 5.41) is 8.64. The Labute approximate surface area is 133 Å². The first-order valence-corrected chi connectivity index (χ1v) is 8.65. The van der Waals surface area contributed by atoms with E-state index >= 15 is 0 Å². The van der Waals surface area contributed by atoms with E-state index in [1.807, 2.05) is 0 Å². The summed E-state index contributed by atoms with van der Waals surface area (Å²) in [5.41, 5.74) is 0. The lowest BCUT2D eigenvalue weighted by Crippen LogP contribution is -2.42. The second kappa shape index (κ2) is 7.90. The molecule has 0 atom stereocenters. The summed E-state index contributed by atoms with van der Waals surface area (Å²) in [6.45, 7) is 3.77. The van der Waals surface area contributed by atoms with Gasteiger partial charge in [0.2, 0.25) is 0 Å². The Kier molecular flexibility index (Phi) is 6.82. The summed E-state index contributed by atoms with van der Waals surface area (Å²) in [5.74, 6) is -1.04. The van der Waals surface area contributed by atoms with Gasteiger partial charge < -0.3 is 5.11 Å². The van der Waals surface area contributed by atoms with Crippen LogP contribution in [-0.4, -0.2) is 48.2 Å². The van der Waals surface area contributed by atoms with E-state index in [0.717, 1.165) is 9.18 Å². The van der Waals surface area contributed by atoms with Gasteiger partial charge in [-0.05, 0) is 12.1 Å². The highest BCUT2D eigenvalue weighted by Crippen LogP contribution is 2.24. The summed E-state index contributed by atoms with van der Waals surface area (Å²) >= 11 is 7.14. The number of carboxylic acids is 1. The molecule has 1 rings (SSSR count). The summed E-state index contributed by atoms with van der Waals surface area (Å²) in [6, 6.07) is 3.46. The van der Waals surface area contributed by atoms with Crippen LogP contribution < -0.4 is 0 Å². The first-order valence-electron chi connectivity index (χ1n) is 6.05. The Bertz CT molecular complexity index is 600. The van der Waals surface area contributed by atoms with E-state index in [0.29, 0.717) is 4.34 Å². The number of rotatable bonds is 9. The molecule has 0 aromatic carbocycles. The SMILES string of the molecule is C=CCN(Cc1ccc(Cl)s1)S(=O)(=O)N(C)CCC(=O)O. The molecule has 0 aliphatic rings. The van der Waals surface area contributed by atoms with Gasteiger partial charge in [0, 0.05) is 31.6 Å². The first-order chi connectivity index (χ1) is 9.77. The third-order valence-corrected chi connectivity index (χ3v) is 5.77. The fraction of sp³-hybridized carbons (Fsp3) is 0.417. The average Bonchev–Trinajstić information content (AvgIpc) is 2.80. The van der Waals surface area contributed by atoms with Crippen LogP contribution in [0.1, 0.15) is 11.3 Å². The molecular formula is C12H17ClN2O4S2. The van der Waals surface area contributed by atoms with Crippen LogP contribution in [0.25, 0.3) is 0 Å². The average molecular weight is 353 g/mol. The number of hydrogen-bond donors (Lipinski definition) is 1. The Balaban J connectivity index is 2.86.